The Labute approximate surface area is 215 Å². The SMILES string of the molecule is COc1cc(OC)c(/C=C/[S+]([O-])Cc2ccc(OC)c(C(C(=O)O)N3CCN(C)CC3)c2)c(OC)c1. The highest BCUT2D eigenvalue weighted by Crippen LogP contribution is 2.36. The van der Waals surface area contributed by atoms with Crippen LogP contribution >= 0.6 is 0 Å². The van der Waals surface area contributed by atoms with Crippen LogP contribution in [0.1, 0.15) is 22.7 Å². The molecule has 196 valence electrons. The first-order chi connectivity index (χ1) is 17.3. The number of methoxy groups -OCH3 is 4. The van der Waals surface area contributed by atoms with Crippen molar-refractivity contribution in [1.29, 1.82) is 0 Å². The van der Waals surface area contributed by atoms with Crippen molar-refractivity contribution in [1.82, 2.24) is 9.80 Å². The molecule has 10 heteroatoms. The number of nitrogens with zero attached hydrogens (tertiary/aromatic N) is 2. The number of ether oxygens (including phenoxy) is 4. The second kappa shape index (κ2) is 12.9. The van der Waals surface area contributed by atoms with Crippen molar-refractivity contribution in [3.63, 3.8) is 0 Å². The van der Waals surface area contributed by atoms with E-state index >= 15 is 0 Å². The van der Waals surface area contributed by atoms with Crippen molar-refractivity contribution >= 4 is 23.2 Å². The Morgan fingerprint density at radius 3 is 2.14 bits per heavy atom. The van der Waals surface area contributed by atoms with Crippen LogP contribution in [-0.4, -0.2) is 87.1 Å². The summed E-state index contributed by atoms with van der Waals surface area (Å²) in [5.41, 5.74) is 1.96. The molecule has 36 heavy (non-hydrogen) atoms. The van der Waals surface area contributed by atoms with Crippen LogP contribution in [0.5, 0.6) is 23.0 Å². The monoisotopic (exact) mass is 518 g/mol. The predicted octanol–water partition coefficient (Wildman–Crippen LogP) is 3.01. The lowest BCUT2D eigenvalue weighted by Gasteiger charge is -2.36. The fourth-order valence-electron chi connectivity index (χ4n) is 4.21. The average Bonchev–Trinajstić information content (AvgIpc) is 2.88. The lowest BCUT2D eigenvalue weighted by Crippen LogP contribution is -2.47. The van der Waals surface area contributed by atoms with Crippen molar-refractivity contribution < 1.29 is 33.4 Å². The molecule has 1 aliphatic rings. The molecule has 3 rings (SSSR count). The van der Waals surface area contributed by atoms with Crippen LogP contribution in [0.25, 0.3) is 6.08 Å². The first-order valence-electron chi connectivity index (χ1n) is 11.5. The summed E-state index contributed by atoms with van der Waals surface area (Å²) >= 11 is -1.38. The van der Waals surface area contributed by atoms with Crippen molar-refractivity contribution in [2.24, 2.45) is 0 Å². The lowest BCUT2D eigenvalue weighted by molar-refractivity contribution is -0.144. The molecule has 2 aromatic carbocycles. The number of carboxylic acid groups (broad SMARTS) is 1. The molecule has 0 amide bonds. The van der Waals surface area contributed by atoms with Crippen molar-refractivity contribution in [3.05, 3.63) is 52.4 Å². The van der Waals surface area contributed by atoms with E-state index < -0.39 is 23.2 Å². The summed E-state index contributed by atoms with van der Waals surface area (Å²) in [7, 11) is 8.19. The van der Waals surface area contributed by atoms with Gasteiger partial charge in [-0.05, 0) is 30.4 Å². The topological polar surface area (TPSA) is 104 Å². The third kappa shape index (κ3) is 6.64. The van der Waals surface area contributed by atoms with E-state index in [0.29, 0.717) is 47.2 Å². The predicted molar refractivity (Wildman–Crippen MR) is 139 cm³/mol. The van der Waals surface area contributed by atoms with E-state index in [9.17, 15) is 14.5 Å². The number of benzene rings is 2. The van der Waals surface area contributed by atoms with Gasteiger partial charge in [0.25, 0.3) is 0 Å². The molecule has 0 spiro atoms. The fourth-order valence-corrected chi connectivity index (χ4v) is 5.10. The van der Waals surface area contributed by atoms with Gasteiger partial charge in [-0.1, -0.05) is 6.07 Å². The standard InChI is InChI=1S/C26H34N2O7S/c1-27-9-11-28(12-10-27)25(26(29)30)21-14-18(6-7-22(21)33-3)17-36(31)13-8-20-23(34-4)15-19(32-2)16-24(20)35-5/h6-8,13-16,25H,9-12,17H2,1-5H3,(H,29,30)/b13-8+. The van der Waals surface area contributed by atoms with E-state index in [0.717, 1.165) is 18.7 Å². The zero-order valence-electron chi connectivity index (χ0n) is 21.4. The number of carbonyl (C=O) groups is 1. The molecular formula is C26H34N2O7S. The lowest BCUT2D eigenvalue weighted by atomic mass is 10.0. The molecule has 1 fully saturated rings. The minimum Gasteiger partial charge on any atom is -0.612 e. The van der Waals surface area contributed by atoms with Crippen molar-refractivity contribution in [2.75, 3.05) is 61.7 Å². The fraction of sp³-hybridized carbons (Fsp3) is 0.423. The molecule has 1 heterocycles. The molecule has 0 bridgehead atoms. The van der Waals surface area contributed by atoms with Gasteiger partial charge in [0, 0.05) is 55.5 Å². The van der Waals surface area contributed by atoms with Crippen LogP contribution in [0, 0.1) is 0 Å². The zero-order valence-corrected chi connectivity index (χ0v) is 22.2. The van der Waals surface area contributed by atoms with Crippen LogP contribution in [0.15, 0.2) is 35.7 Å². The number of hydrogen-bond donors (Lipinski definition) is 1. The maximum Gasteiger partial charge on any atom is 0.325 e. The van der Waals surface area contributed by atoms with Gasteiger partial charge in [-0.25, -0.2) is 0 Å². The van der Waals surface area contributed by atoms with Gasteiger partial charge >= 0.3 is 5.97 Å². The summed E-state index contributed by atoms with van der Waals surface area (Å²) in [5.74, 6) is 1.42. The van der Waals surface area contributed by atoms with Gasteiger partial charge in [0.1, 0.15) is 40.2 Å². The van der Waals surface area contributed by atoms with E-state index in [1.807, 2.05) is 18.0 Å². The molecule has 1 aliphatic heterocycles. The molecule has 2 unspecified atom stereocenters. The second-order valence-corrected chi connectivity index (χ2v) is 9.75. The van der Waals surface area contributed by atoms with Gasteiger partial charge in [0.05, 0.1) is 34.0 Å². The summed E-state index contributed by atoms with van der Waals surface area (Å²) in [6.45, 7) is 2.86. The quantitative estimate of drug-likeness (QED) is 0.450. The van der Waals surface area contributed by atoms with Gasteiger partial charge in [-0.3, -0.25) is 9.69 Å². The van der Waals surface area contributed by atoms with Gasteiger partial charge in [0.15, 0.2) is 0 Å². The Balaban J connectivity index is 1.84. The molecule has 0 aliphatic carbocycles. The highest BCUT2D eigenvalue weighted by atomic mass is 32.2. The number of piperazine rings is 1. The third-order valence-electron chi connectivity index (χ3n) is 6.17. The van der Waals surface area contributed by atoms with Gasteiger partial charge in [-0.15, -0.1) is 0 Å². The number of aliphatic carboxylic acids is 1. The van der Waals surface area contributed by atoms with Gasteiger partial charge < -0.3 is 33.5 Å². The van der Waals surface area contributed by atoms with Crippen molar-refractivity contribution in [2.45, 2.75) is 11.8 Å². The summed E-state index contributed by atoms with van der Waals surface area (Å²) in [6, 6.07) is 7.95. The third-order valence-corrected chi connectivity index (χ3v) is 7.23. The Bertz CT molecular complexity index is 1050. The first kappa shape index (κ1) is 27.7. The van der Waals surface area contributed by atoms with Crippen LogP contribution < -0.4 is 18.9 Å². The van der Waals surface area contributed by atoms with Crippen LogP contribution in [-0.2, 0) is 21.7 Å². The minimum absolute atomic E-state index is 0.212. The van der Waals surface area contributed by atoms with E-state index in [2.05, 4.69) is 4.90 Å². The molecule has 0 radical (unpaired) electrons. The molecule has 0 aromatic heterocycles. The summed E-state index contributed by atoms with van der Waals surface area (Å²) < 4.78 is 34.6. The molecule has 2 aromatic rings. The Hall–Kier alpha value is -2.92. The maximum absolute atomic E-state index is 13.0. The van der Waals surface area contributed by atoms with Crippen LogP contribution in [0.3, 0.4) is 0 Å². The smallest absolute Gasteiger partial charge is 0.325 e. The number of hydrogen-bond acceptors (Lipinski definition) is 8. The van der Waals surface area contributed by atoms with E-state index in [1.165, 1.54) is 7.11 Å². The highest BCUT2D eigenvalue weighted by Gasteiger charge is 2.32. The molecule has 0 saturated carbocycles. The first-order valence-corrected chi connectivity index (χ1v) is 12.9. The Morgan fingerprint density at radius 2 is 1.61 bits per heavy atom. The molecular weight excluding hydrogens is 484 g/mol. The second-order valence-electron chi connectivity index (χ2n) is 8.43. The number of carboxylic acids is 1. The van der Waals surface area contributed by atoms with E-state index in [1.54, 1.807) is 57.1 Å². The average molecular weight is 519 g/mol. The summed E-state index contributed by atoms with van der Waals surface area (Å²) in [6.07, 6.45) is 1.70. The molecule has 1 N–H and O–H groups in total. The Kier molecular flexibility index (Phi) is 9.89. The molecule has 9 nitrogen and oxygen atoms in total. The number of rotatable bonds is 11. The summed E-state index contributed by atoms with van der Waals surface area (Å²) in [4.78, 5) is 16.4. The summed E-state index contributed by atoms with van der Waals surface area (Å²) in [5, 5.41) is 11.6. The molecule has 1 saturated heterocycles. The van der Waals surface area contributed by atoms with E-state index in [4.69, 9.17) is 18.9 Å². The Morgan fingerprint density at radius 1 is 1.00 bits per heavy atom. The van der Waals surface area contributed by atoms with Crippen LogP contribution in [0.2, 0.25) is 0 Å². The van der Waals surface area contributed by atoms with E-state index in [-0.39, 0.29) is 5.75 Å². The maximum atomic E-state index is 13.0. The van der Waals surface area contributed by atoms with Gasteiger partial charge in [0.2, 0.25) is 0 Å². The van der Waals surface area contributed by atoms with Crippen molar-refractivity contribution in [3.8, 4) is 23.0 Å². The normalized spacial score (nSPS) is 16.5. The minimum atomic E-state index is -1.38. The van der Waals surface area contributed by atoms with Crippen LogP contribution in [0.4, 0.5) is 0 Å². The highest BCUT2D eigenvalue weighted by molar-refractivity contribution is 7.93. The van der Waals surface area contributed by atoms with Gasteiger partial charge in [-0.2, -0.15) is 0 Å². The number of likely N-dealkylation sites (N-methyl/N-ethyl adjacent to an activating group) is 1. The zero-order chi connectivity index (χ0) is 26.2. The molecule has 2 atom stereocenters. The largest absolute Gasteiger partial charge is 0.612 e.